The molecule has 4 aromatic carbocycles. The van der Waals surface area contributed by atoms with Gasteiger partial charge >= 0.3 is 0 Å². The number of hydrogen-bond acceptors (Lipinski definition) is 5. The standard InChI is InChI=1S/C33H25N3OS2/c1-21-6-5-9-25(18-21)30-31(39-33(36-30)23-12-14-28(38-2)15-13-23)26-16-17-34-29(20-26)35-32(37)27-11-10-22-7-3-4-8-24(22)19-27/h3-20H,1-2H3,(H,34,35,37). The maximum absolute atomic E-state index is 13.1. The number of aromatic nitrogens is 2. The predicted octanol–water partition coefficient (Wildman–Crippen LogP) is 8.97. The number of hydrogen-bond donors (Lipinski definition) is 1. The summed E-state index contributed by atoms with van der Waals surface area (Å²) in [4.78, 5) is 24.9. The molecule has 2 heterocycles. The molecule has 1 N–H and O–H groups in total. The molecule has 6 heteroatoms. The van der Waals surface area contributed by atoms with Gasteiger partial charge in [0.2, 0.25) is 0 Å². The van der Waals surface area contributed by atoms with E-state index < -0.39 is 0 Å². The lowest BCUT2D eigenvalue weighted by atomic mass is 10.1. The summed E-state index contributed by atoms with van der Waals surface area (Å²) < 4.78 is 0. The van der Waals surface area contributed by atoms with Gasteiger partial charge in [0.1, 0.15) is 10.8 Å². The Kier molecular flexibility index (Phi) is 6.97. The second kappa shape index (κ2) is 10.8. The molecular formula is C33H25N3OS2. The molecule has 1 amide bonds. The van der Waals surface area contributed by atoms with Gasteiger partial charge in [0.05, 0.1) is 10.6 Å². The van der Waals surface area contributed by atoms with Gasteiger partial charge in [-0.25, -0.2) is 9.97 Å². The first kappa shape index (κ1) is 25.0. The first-order valence-electron chi connectivity index (χ1n) is 12.6. The number of rotatable bonds is 6. The van der Waals surface area contributed by atoms with E-state index in [-0.39, 0.29) is 5.91 Å². The van der Waals surface area contributed by atoms with Crippen LogP contribution in [0.4, 0.5) is 5.82 Å². The fraction of sp³-hybridized carbons (Fsp3) is 0.0606. The molecule has 0 saturated heterocycles. The molecule has 0 fully saturated rings. The van der Waals surface area contributed by atoms with E-state index >= 15 is 0 Å². The fourth-order valence-corrected chi connectivity index (χ4v) is 6.02. The average Bonchev–Trinajstić information content (AvgIpc) is 3.43. The summed E-state index contributed by atoms with van der Waals surface area (Å²) >= 11 is 3.37. The van der Waals surface area contributed by atoms with Gasteiger partial charge in [0.25, 0.3) is 5.91 Å². The summed E-state index contributed by atoms with van der Waals surface area (Å²) in [5.74, 6) is 0.309. The van der Waals surface area contributed by atoms with Crippen molar-refractivity contribution in [3.8, 4) is 32.3 Å². The van der Waals surface area contributed by atoms with Gasteiger partial charge in [-0.15, -0.1) is 23.1 Å². The zero-order chi connectivity index (χ0) is 26.8. The number of aryl methyl sites for hydroxylation is 1. The van der Waals surface area contributed by atoms with Crippen LogP contribution >= 0.6 is 23.1 Å². The van der Waals surface area contributed by atoms with Crippen LogP contribution < -0.4 is 5.32 Å². The number of nitrogens with one attached hydrogen (secondary N) is 1. The van der Waals surface area contributed by atoms with Crippen LogP contribution in [0, 0.1) is 6.92 Å². The number of nitrogens with zero attached hydrogens (tertiary/aromatic N) is 2. The maximum atomic E-state index is 13.1. The number of amides is 1. The van der Waals surface area contributed by atoms with Gasteiger partial charge in [-0.05, 0) is 72.0 Å². The Balaban J connectivity index is 1.37. The van der Waals surface area contributed by atoms with Gasteiger partial charge < -0.3 is 5.32 Å². The average molecular weight is 544 g/mol. The Bertz CT molecular complexity index is 1810. The van der Waals surface area contributed by atoms with Crippen molar-refractivity contribution in [2.45, 2.75) is 11.8 Å². The first-order chi connectivity index (χ1) is 19.1. The van der Waals surface area contributed by atoms with E-state index in [1.807, 2.05) is 54.6 Å². The summed E-state index contributed by atoms with van der Waals surface area (Å²) in [7, 11) is 0. The van der Waals surface area contributed by atoms with E-state index in [2.05, 4.69) is 72.0 Å². The fourth-order valence-electron chi connectivity index (χ4n) is 4.52. The SMILES string of the molecule is CSc1ccc(-c2nc(-c3cccc(C)c3)c(-c3ccnc(NC(=O)c4ccc5ccccc5c4)c3)s2)cc1. The molecule has 2 aromatic heterocycles. The number of thiazole rings is 1. The van der Waals surface area contributed by atoms with Gasteiger partial charge in [-0.2, -0.15) is 0 Å². The van der Waals surface area contributed by atoms with E-state index in [0.29, 0.717) is 11.4 Å². The smallest absolute Gasteiger partial charge is 0.256 e. The Labute approximate surface area is 235 Å². The Hall–Kier alpha value is -4.26. The Morgan fingerprint density at radius 2 is 1.62 bits per heavy atom. The van der Waals surface area contributed by atoms with Gasteiger partial charge in [0, 0.05) is 27.8 Å². The number of pyridine rings is 1. The second-order valence-electron chi connectivity index (χ2n) is 9.24. The van der Waals surface area contributed by atoms with E-state index in [9.17, 15) is 4.79 Å². The van der Waals surface area contributed by atoms with Crippen molar-refractivity contribution in [3.05, 3.63) is 120 Å². The number of anilines is 1. The molecule has 0 unspecified atom stereocenters. The molecular weight excluding hydrogens is 519 g/mol. The highest BCUT2D eigenvalue weighted by atomic mass is 32.2. The maximum Gasteiger partial charge on any atom is 0.256 e. The van der Waals surface area contributed by atoms with E-state index in [0.717, 1.165) is 43.0 Å². The molecule has 190 valence electrons. The van der Waals surface area contributed by atoms with Crippen LogP contribution in [0.15, 0.2) is 114 Å². The highest BCUT2D eigenvalue weighted by Crippen LogP contribution is 2.41. The van der Waals surface area contributed by atoms with Crippen LogP contribution in [0.2, 0.25) is 0 Å². The number of fused-ring (bicyclic) bond motifs is 1. The molecule has 0 radical (unpaired) electrons. The molecule has 6 aromatic rings. The molecule has 0 aliphatic heterocycles. The number of thioether (sulfide) groups is 1. The topological polar surface area (TPSA) is 54.9 Å². The minimum Gasteiger partial charge on any atom is -0.307 e. The lowest BCUT2D eigenvalue weighted by molar-refractivity contribution is 0.102. The van der Waals surface area contributed by atoms with Crippen LogP contribution in [0.5, 0.6) is 0 Å². The molecule has 39 heavy (non-hydrogen) atoms. The zero-order valence-electron chi connectivity index (χ0n) is 21.5. The van der Waals surface area contributed by atoms with Crippen molar-refractivity contribution in [3.63, 3.8) is 0 Å². The number of benzene rings is 4. The summed E-state index contributed by atoms with van der Waals surface area (Å²) in [6.45, 7) is 2.09. The number of carbonyl (C=O) groups excluding carboxylic acids is 1. The minimum absolute atomic E-state index is 0.191. The van der Waals surface area contributed by atoms with Crippen molar-refractivity contribution in [2.24, 2.45) is 0 Å². The minimum atomic E-state index is -0.191. The molecule has 4 nitrogen and oxygen atoms in total. The molecule has 0 saturated carbocycles. The summed E-state index contributed by atoms with van der Waals surface area (Å²) in [5, 5.41) is 6.06. The molecule has 0 aliphatic carbocycles. The van der Waals surface area contributed by atoms with Crippen molar-refractivity contribution in [1.82, 2.24) is 9.97 Å². The summed E-state index contributed by atoms with van der Waals surface area (Å²) in [5.41, 5.74) is 5.79. The van der Waals surface area contributed by atoms with Crippen molar-refractivity contribution < 1.29 is 4.79 Å². The lowest BCUT2D eigenvalue weighted by Crippen LogP contribution is -2.12. The third-order valence-corrected chi connectivity index (χ3v) is 8.43. The Morgan fingerprint density at radius 3 is 2.41 bits per heavy atom. The van der Waals surface area contributed by atoms with Gasteiger partial charge in [0.15, 0.2) is 0 Å². The third-order valence-electron chi connectivity index (χ3n) is 6.53. The van der Waals surface area contributed by atoms with E-state index in [4.69, 9.17) is 4.98 Å². The highest BCUT2D eigenvalue weighted by Gasteiger charge is 2.18. The number of carbonyl (C=O) groups is 1. The van der Waals surface area contributed by atoms with Crippen molar-refractivity contribution >= 4 is 45.6 Å². The van der Waals surface area contributed by atoms with E-state index in [1.165, 1.54) is 10.5 Å². The summed E-state index contributed by atoms with van der Waals surface area (Å²) in [6, 6.07) is 34.5. The normalized spacial score (nSPS) is 11.0. The van der Waals surface area contributed by atoms with E-state index in [1.54, 1.807) is 29.3 Å². The van der Waals surface area contributed by atoms with Crippen molar-refractivity contribution in [1.29, 1.82) is 0 Å². The zero-order valence-corrected chi connectivity index (χ0v) is 23.1. The first-order valence-corrected chi connectivity index (χ1v) is 14.6. The molecule has 0 aliphatic rings. The van der Waals surface area contributed by atoms with Crippen LogP contribution in [0.1, 0.15) is 15.9 Å². The van der Waals surface area contributed by atoms with Gasteiger partial charge in [-0.1, -0.05) is 66.2 Å². The molecule has 6 rings (SSSR count). The molecule has 0 atom stereocenters. The predicted molar refractivity (Wildman–Crippen MR) is 165 cm³/mol. The van der Waals surface area contributed by atoms with Crippen LogP contribution in [0.25, 0.3) is 43.0 Å². The second-order valence-corrected chi connectivity index (χ2v) is 11.1. The quantitative estimate of drug-likeness (QED) is 0.213. The van der Waals surface area contributed by atoms with Crippen LogP contribution in [0.3, 0.4) is 0 Å². The van der Waals surface area contributed by atoms with Gasteiger partial charge in [-0.3, -0.25) is 4.79 Å². The Morgan fingerprint density at radius 1 is 0.795 bits per heavy atom. The van der Waals surface area contributed by atoms with Crippen LogP contribution in [-0.4, -0.2) is 22.1 Å². The van der Waals surface area contributed by atoms with Crippen LogP contribution in [-0.2, 0) is 0 Å². The molecule has 0 spiro atoms. The third kappa shape index (κ3) is 5.35. The highest BCUT2D eigenvalue weighted by molar-refractivity contribution is 7.98. The largest absolute Gasteiger partial charge is 0.307 e. The van der Waals surface area contributed by atoms with Crippen molar-refractivity contribution in [2.75, 3.05) is 11.6 Å². The monoisotopic (exact) mass is 543 g/mol. The molecule has 0 bridgehead atoms. The summed E-state index contributed by atoms with van der Waals surface area (Å²) in [6.07, 6.45) is 3.81. The lowest BCUT2D eigenvalue weighted by Gasteiger charge is -2.08.